The topological polar surface area (TPSA) is 55.8 Å². The number of hydrogen-bond donors (Lipinski definition) is 0. The van der Waals surface area contributed by atoms with Crippen LogP contribution in [-0.4, -0.2) is 32.1 Å². The predicted molar refractivity (Wildman–Crippen MR) is 97.5 cm³/mol. The lowest BCUT2D eigenvalue weighted by Crippen LogP contribution is -2.34. The van der Waals surface area contributed by atoms with E-state index in [2.05, 4.69) is 0 Å². The molecule has 0 atom stereocenters. The SMILES string of the molecule is CCN(C(=O)COC(=O)/C=C/c1ccc(OC)cc1)c1ccccc1. The lowest BCUT2D eigenvalue weighted by atomic mass is 10.2. The second-order valence-corrected chi connectivity index (χ2v) is 5.19. The van der Waals surface area contributed by atoms with E-state index in [0.717, 1.165) is 17.0 Å². The van der Waals surface area contributed by atoms with E-state index in [4.69, 9.17) is 9.47 Å². The molecule has 0 N–H and O–H groups in total. The minimum Gasteiger partial charge on any atom is -0.497 e. The minimum atomic E-state index is -0.562. The fourth-order valence-electron chi connectivity index (χ4n) is 2.25. The molecule has 2 aromatic carbocycles. The lowest BCUT2D eigenvalue weighted by molar-refractivity contribution is -0.142. The highest BCUT2D eigenvalue weighted by Crippen LogP contribution is 2.14. The van der Waals surface area contributed by atoms with Crippen LogP contribution in [0.4, 0.5) is 5.69 Å². The number of nitrogens with zero attached hydrogens (tertiary/aromatic N) is 1. The third-order valence-electron chi connectivity index (χ3n) is 3.55. The number of ether oxygens (including phenoxy) is 2. The highest BCUT2D eigenvalue weighted by molar-refractivity contribution is 5.96. The van der Waals surface area contributed by atoms with Crippen molar-refractivity contribution >= 4 is 23.6 Å². The summed E-state index contributed by atoms with van der Waals surface area (Å²) in [4.78, 5) is 25.6. The Balaban J connectivity index is 1.87. The first kappa shape index (κ1) is 18.3. The Morgan fingerprint density at radius 2 is 1.72 bits per heavy atom. The van der Waals surface area contributed by atoms with Gasteiger partial charge in [0, 0.05) is 18.3 Å². The Kier molecular flexibility index (Phi) is 6.77. The molecule has 1 amide bonds. The molecule has 2 aromatic rings. The van der Waals surface area contributed by atoms with Gasteiger partial charge >= 0.3 is 5.97 Å². The quantitative estimate of drug-likeness (QED) is 0.574. The number of rotatable bonds is 7. The van der Waals surface area contributed by atoms with Gasteiger partial charge < -0.3 is 14.4 Å². The third-order valence-corrected chi connectivity index (χ3v) is 3.55. The normalized spacial score (nSPS) is 10.5. The number of carbonyl (C=O) groups excluding carboxylic acids is 2. The van der Waals surface area contributed by atoms with Gasteiger partial charge in [0.05, 0.1) is 7.11 Å². The third kappa shape index (κ3) is 5.49. The van der Waals surface area contributed by atoms with Gasteiger partial charge in [-0.25, -0.2) is 4.79 Å². The molecule has 0 fully saturated rings. The van der Waals surface area contributed by atoms with Gasteiger partial charge in [-0.15, -0.1) is 0 Å². The number of amides is 1. The number of anilines is 1. The maximum Gasteiger partial charge on any atom is 0.331 e. The monoisotopic (exact) mass is 339 g/mol. The fourth-order valence-corrected chi connectivity index (χ4v) is 2.25. The van der Waals surface area contributed by atoms with Gasteiger partial charge in [-0.05, 0) is 42.8 Å². The van der Waals surface area contributed by atoms with Crippen molar-refractivity contribution in [2.45, 2.75) is 6.92 Å². The molecule has 2 rings (SSSR count). The molecular weight excluding hydrogens is 318 g/mol. The molecule has 0 bridgehead atoms. The van der Waals surface area contributed by atoms with Crippen LogP contribution in [-0.2, 0) is 14.3 Å². The van der Waals surface area contributed by atoms with Crippen LogP contribution in [0.1, 0.15) is 12.5 Å². The van der Waals surface area contributed by atoms with Gasteiger partial charge in [0.2, 0.25) is 0 Å². The molecule has 25 heavy (non-hydrogen) atoms. The van der Waals surface area contributed by atoms with Crippen LogP contribution >= 0.6 is 0 Å². The smallest absolute Gasteiger partial charge is 0.331 e. The van der Waals surface area contributed by atoms with Gasteiger partial charge in [-0.2, -0.15) is 0 Å². The molecule has 0 unspecified atom stereocenters. The molecule has 0 spiro atoms. The first-order valence-electron chi connectivity index (χ1n) is 7.98. The van der Waals surface area contributed by atoms with Gasteiger partial charge in [0.1, 0.15) is 5.75 Å². The summed E-state index contributed by atoms with van der Waals surface area (Å²) in [5.74, 6) is -0.0842. The van der Waals surface area contributed by atoms with E-state index in [0.29, 0.717) is 6.54 Å². The van der Waals surface area contributed by atoms with E-state index in [1.165, 1.54) is 6.08 Å². The molecule has 0 aromatic heterocycles. The van der Waals surface area contributed by atoms with E-state index in [-0.39, 0.29) is 12.5 Å². The van der Waals surface area contributed by atoms with Gasteiger partial charge in [0.25, 0.3) is 5.91 Å². The average Bonchev–Trinajstić information content (AvgIpc) is 2.66. The molecule has 5 nitrogen and oxygen atoms in total. The minimum absolute atomic E-state index is 0.264. The van der Waals surface area contributed by atoms with Crippen LogP contribution in [0.15, 0.2) is 60.7 Å². The zero-order valence-electron chi connectivity index (χ0n) is 14.3. The molecule has 0 aliphatic carbocycles. The van der Waals surface area contributed by atoms with Gasteiger partial charge in [0.15, 0.2) is 6.61 Å². The van der Waals surface area contributed by atoms with E-state index < -0.39 is 5.97 Å². The molecule has 0 radical (unpaired) electrons. The van der Waals surface area contributed by atoms with Crippen molar-refractivity contribution < 1.29 is 19.1 Å². The lowest BCUT2D eigenvalue weighted by Gasteiger charge is -2.20. The van der Waals surface area contributed by atoms with Gasteiger partial charge in [-0.1, -0.05) is 30.3 Å². The molecule has 0 aliphatic heterocycles. The van der Waals surface area contributed by atoms with Crippen LogP contribution < -0.4 is 9.64 Å². The number of hydrogen-bond acceptors (Lipinski definition) is 4. The molecule has 130 valence electrons. The van der Waals surface area contributed by atoms with Crippen LogP contribution in [0.2, 0.25) is 0 Å². The number of esters is 1. The van der Waals surface area contributed by atoms with Crippen LogP contribution in [0, 0.1) is 0 Å². The number of carbonyl (C=O) groups is 2. The molecule has 5 heteroatoms. The Hall–Kier alpha value is -3.08. The van der Waals surface area contributed by atoms with Crippen molar-refractivity contribution in [3.05, 3.63) is 66.2 Å². The van der Waals surface area contributed by atoms with Crippen molar-refractivity contribution in [3.63, 3.8) is 0 Å². The van der Waals surface area contributed by atoms with Crippen molar-refractivity contribution in [2.24, 2.45) is 0 Å². The van der Waals surface area contributed by atoms with Crippen molar-refractivity contribution in [1.29, 1.82) is 0 Å². The second-order valence-electron chi connectivity index (χ2n) is 5.19. The second kappa shape index (κ2) is 9.27. The highest BCUT2D eigenvalue weighted by Gasteiger charge is 2.14. The van der Waals surface area contributed by atoms with Crippen molar-refractivity contribution in [3.8, 4) is 5.75 Å². The maximum atomic E-state index is 12.2. The van der Waals surface area contributed by atoms with E-state index in [1.54, 1.807) is 30.2 Å². The van der Waals surface area contributed by atoms with E-state index in [1.807, 2.05) is 49.4 Å². The Bertz CT molecular complexity index is 723. The van der Waals surface area contributed by atoms with Crippen LogP contribution in [0.25, 0.3) is 6.08 Å². The largest absolute Gasteiger partial charge is 0.497 e. The van der Waals surface area contributed by atoms with Crippen molar-refractivity contribution in [2.75, 3.05) is 25.2 Å². The standard InChI is InChI=1S/C20H21NO4/c1-3-21(17-7-5-4-6-8-17)19(22)15-25-20(23)14-11-16-9-12-18(24-2)13-10-16/h4-14H,3,15H2,1-2H3/b14-11+. The summed E-state index contributed by atoms with van der Waals surface area (Å²) in [6, 6.07) is 16.5. The number of methoxy groups -OCH3 is 1. The summed E-state index contributed by atoms with van der Waals surface area (Å²) in [7, 11) is 1.59. The van der Waals surface area contributed by atoms with Crippen LogP contribution in [0.5, 0.6) is 5.75 Å². The molecular formula is C20H21NO4. The van der Waals surface area contributed by atoms with E-state index in [9.17, 15) is 9.59 Å². The summed E-state index contributed by atoms with van der Waals surface area (Å²) in [5.41, 5.74) is 1.61. The molecule has 0 saturated carbocycles. The zero-order valence-corrected chi connectivity index (χ0v) is 14.3. The maximum absolute atomic E-state index is 12.2. The summed E-state index contributed by atoms with van der Waals surface area (Å²) < 4.78 is 10.1. The Labute approximate surface area is 147 Å². The Morgan fingerprint density at radius 3 is 2.32 bits per heavy atom. The molecule has 0 aliphatic rings. The highest BCUT2D eigenvalue weighted by atomic mass is 16.5. The summed E-state index contributed by atoms with van der Waals surface area (Å²) in [6.07, 6.45) is 2.93. The van der Waals surface area contributed by atoms with Crippen molar-refractivity contribution in [1.82, 2.24) is 0 Å². The first-order valence-corrected chi connectivity index (χ1v) is 7.98. The van der Waals surface area contributed by atoms with E-state index >= 15 is 0 Å². The predicted octanol–water partition coefficient (Wildman–Crippen LogP) is 3.30. The zero-order chi connectivity index (χ0) is 18.1. The number of benzene rings is 2. The fraction of sp³-hybridized carbons (Fsp3) is 0.200. The summed E-state index contributed by atoms with van der Waals surface area (Å²) >= 11 is 0. The summed E-state index contributed by atoms with van der Waals surface area (Å²) in [6.45, 7) is 2.08. The summed E-state index contributed by atoms with van der Waals surface area (Å²) in [5, 5.41) is 0. The molecule has 0 heterocycles. The number of para-hydroxylation sites is 1. The van der Waals surface area contributed by atoms with Gasteiger partial charge in [-0.3, -0.25) is 4.79 Å². The Morgan fingerprint density at radius 1 is 1.04 bits per heavy atom. The van der Waals surface area contributed by atoms with Crippen LogP contribution in [0.3, 0.4) is 0 Å². The first-order chi connectivity index (χ1) is 12.1. The molecule has 0 saturated heterocycles. The number of likely N-dealkylation sites (N-methyl/N-ethyl adjacent to an activating group) is 1. The average molecular weight is 339 g/mol.